The fraction of sp³-hybridized carbons (Fsp3) is 0.286. The highest BCUT2D eigenvalue weighted by Gasteiger charge is 1.92. The van der Waals surface area contributed by atoms with E-state index < -0.39 is 5.97 Å². The van der Waals surface area contributed by atoms with Gasteiger partial charge in [0.25, 0.3) is 0 Å². The van der Waals surface area contributed by atoms with E-state index >= 15 is 0 Å². The Morgan fingerprint density at radius 2 is 2.33 bits per heavy atom. The summed E-state index contributed by atoms with van der Waals surface area (Å²) in [6.45, 7) is 8.85. The molecular formula is C7H10O2. The Kier molecular flexibility index (Phi) is 3.44. The first-order valence-corrected chi connectivity index (χ1v) is 2.60. The van der Waals surface area contributed by atoms with Gasteiger partial charge < -0.3 is 4.74 Å². The molecule has 0 heterocycles. The first-order valence-electron chi connectivity index (χ1n) is 2.60. The van der Waals surface area contributed by atoms with Crippen molar-refractivity contribution in [3.8, 4) is 0 Å². The molecule has 0 aliphatic heterocycles. The highest BCUT2D eigenvalue weighted by molar-refractivity contribution is 5.81. The van der Waals surface area contributed by atoms with E-state index in [1.54, 1.807) is 6.92 Å². The number of rotatable bonds is 3. The van der Waals surface area contributed by atoms with Crippen LogP contribution in [0.5, 0.6) is 0 Å². The summed E-state index contributed by atoms with van der Waals surface area (Å²) >= 11 is 0. The van der Waals surface area contributed by atoms with Crippen LogP contribution in [0.4, 0.5) is 0 Å². The van der Waals surface area contributed by atoms with E-state index in [-0.39, 0.29) is 6.61 Å². The molecule has 0 aromatic rings. The van der Waals surface area contributed by atoms with Gasteiger partial charge in [0.05, 0.1) is 0 Å². The van der Waals surface area contributed by atoms with Crippen LogP contribution in [0.2, 0.25) is 0 Å². The molecule has 0 N–H and O–H groups in total. The quantitative estimate of drug-likeness (QED) is 0.323. The van der Waals surface area contributed by atoms with Crippen molar-refractivity contribution in [2.24, 2.45) is 0 Å². The fourth-order valence-electron chi connectivity index (χ4n) is 0.253. The van der Waals surface area contributed by atoms with Crippen LogP contribution in [0.15, 0.2) is 24.8 Å². The molecule has 2 nitrogen and oxygen atoms in total. The van der Waals surface area contributed by atoms with Gasteiger partial charge in [-0.2, -0.15) is 0 Å². The summed E-state index contributed by atoms with van der Waals surface area (Å²) in [5.74, 6) is -0.405. The summed E-state index contributed by atoms with van der Waals surface area (Å²) in [5.41, 5.74) is 0.824. The summed E-state index contributed by atoms with van der Waals surface area (Å²) in [4.78, 5) is 10.3. The molecule has 0 spiro atoms. The van der Waals surface area contributed by atoms with Crippen molar-refractivity contribution >= 4 is 5.97 Å². The predicted octanol–water partition coefficient (Wildman–Crippen LogP) is 1.29. The maximum absolute atomic E-state index is 10.3. The van der Waals surface area contributed by atoms with Crippen molar-refractivity contribution in [2.45, 2.75) is 6.92 Å². The van der Waals surface area contributed by atoms with E-state index in [1.807, 2.05) is 0 Å². The number of esters is 1. The molecule has 0 aliphatic carbocycles. The van der Waals surface area contributed by atoms with Crippen molar-refractivity contribution in [3.63, 3.8) is 0 Å². The summed E-state index contributed by atoms with van der Waals surface area (Å²) < 4.78 is 4.60. The molecule has 50 valence electrons. The van der Waals surface area contributed by atoms with E-state index in [0.29, 0.717) is 0 Å². The maximum atomic E-state index is 10.3. The zero-order chi connectivity index (χ0) is 7.28. The molecule has 0 bridgehead atoms. The highest BCUT2D eigenvalue weighted by Crippen LogP contribution is 1.88. The number of hydrogen-bond donors (Lipinski definition) is 0. The van der Waals surface area contributed by atoms with Gasteiger partial charge in [-0.25, -0.2) is 4.79 Å². The first-order chi connectivity index (χ1) is 4.16. The second kappa shape index (κ2) is 3.89. The van der Waals surface area contributed by atoms with Crippen LogP contribution in [0.25, 0.3) is 0 Å². The fourth-order valence-corrected chi connectivity index (χ4v) is 0.253. The smallest absolute Gasteiger partial charge is 0.330 e. The molecule has 0 amide bonds. The van der Waals surface area contributed by atoms with Gasteiger partial charge in [0.1, 0.15) is 6.61 Å². The van der Waals surface area contributed by atoms with Gasteiger partial charge >= 0.3 is 5.97 Å². The van der Waals surface area contributed by atoms with Gasteiger partial charge in [-0.3, -0.25) is 0 Å². The van der Waals surface area contributed by atoms with Gasteiger partial charge in [0.2, 0.25) is 0 Å². The molecule has 0 saturated heterocycles. The maximum Gasteiger partial charge on any atom is 0.330 e. The third-order valence-electron chi connectivity index (χ3n) is 0.627. The van der Waals surface area contributed by atoms with Gasteiger partial charge in [-0.15, -0.1) is 0 Å². The summed E-state index contributed by atoms with van der Waals surface area (Å²) in [5, 5.41) is 0. The molecule has 0 aliphatic rings. The molecule has 9 heavy (non-hydrogen) atoms. The molecule has 0 aromatic carbocycles. The lowest BCUT2D eigenvalue weighted by molar-refractivity contribution is -0.136. The number of ether oxygens (including phenoxy) is 1. The Hall–Kier alpha value is -1.05. The average molecular weight is 126 g/mol. The lowest BCUT2D eigenvalue weighted by atomic mass is 10.4. The van der Waals surface area contributed by atoms with Crippen LogP contribution < -0.4 is 0 Å². The molecule has 0 saturated carbocycles. The number of carbonyl (C=O) groups is 1. The summed E-state index contributed by atoms with van der Waals surface area (Å²) in [6, 6.07) is 0. The zero-order valence-corrected chi connectivity index (χ0v) is 5.52. The van der Waals surface area contributed by atoms with Gasteiger partial charge in [0.15, 0.2) is 0 Å². The van der Waals surface area contributed by atoms with Crippen LogP contribution >= 0.6 is 0 Å². The van der Waals surface area contributed by atoms with E-state index in [2.05, 4.69) is 17.9 Å². The topological polar surface area (TPSA) is 26.3 Å². The SMILES string of the molecule is C=CC(=O)OCC(=C)C. The molecule has 2 heteroatoms. The van der Waals surface area contributed by atoms with Crippen LogP contribution in [0.3, 0.4) is 0 Å². The minimum Gasteiger partial charge on any atom is -0.458 e. The van der Waals surface area contributed by atoms with Gasteiger partial charge in [-0.05, 0) is 12.5 Å². The zero-order valence-electron chi connectivity index (χ0n) is 5.52. The van der Waals surface area contributed by atoms with Crippen LogP contribution in [-0.2, 0) is 9.53 Å². The molecular weight excluding hydrogens is 116 g/mol. The third kappa shape index (κ3) is 4.81. The Morgan fingerprint density at radius 1 is 1.78 bits per heavy atom. The Balaban J connectivity index is 3.39. The minimum atomic E-state index is -0.405. The van der Waals surface area contributed by atoms with Crippen molar-refractivity contribution in [2.75, 3.05) is 6.61 Å². The summed E-state index contributed by atoms with van der Waals surface area (Å²) in [7, 11) is 0. The van der Waals surface area contributed by atoms with Crippen LogP contribution in [0, 0.1) is 0 Å². The lowest BCUT2D eigenvalue weighted by Crippen LogP contribution is -2.01. The minimum absolute atomic E-state index is 0.283. The third-order valence-corrected chi connectivity index (χ3v) is 0.627. The van der Waals surface area contributed by atoms with Gasteiger partial charge in [0, 0.05) is 6.08 Å². The predicted molar refractivity (Wildman–Crippen MR) is 36.0 cm³/mol. The van der Waals surface area contributed by atoms with E-state index in [0.717, 1.165) is 11.6 Å². The number of hydrogen-bond acceptors (Lipinski definition) is 2. The molecule has 0 radical (unpaired) electrons. The van der Waals surface area contributed by atoms with Crippen molar-refractivity contribution in [3.05, 3.63) is 24.8 Å². The number of carbonyl (C=O) groups excluding carboxylic acids is 1. The molecule has 0 atom stereocenters. The van der Waals surface area contributed by atoms with Gasteiger partial charge in [-0.1, -0.05) is 13.2 Å². The second-order valence-corrected chi connectivity index (χ2v) is 1.77. The lowest BCUT2D eigenvalue weighted by Gasteiger charge is -1.97. The molecule has 0 unspecified atom stereocenters. The van der Waals surface area contributed by atoms with Crippen LogP contribution in [-0.4, -0.2) is 12.6 Å². The Labute approximate surface area is 54.8 Å². The normalized spacial score (nSPS) is 8.11. The first kappa shape index (κ1) is 7.95. The molecule has 0 fully saturated rings. The van der Waals surface area contributed by atoms with E-state index in [9.17, 15) is 4.79 Å². The van der Waals surface area contributed by atoms with Crippen molar-refractivity contribution in [1.29, 1.82) is 0 Å². The average Bonchev–Trinajstić information content (AvgIpc) is 1.83. The van der Waals surface area contributed by atoms with E-state index in [1.165, 1.54) is 0 Å². The molecule has 0 rings (SSSR count). The van der Waals surface area contributed by atoms with E-state index in [4.69, 9.17) is 0 Å². The standard InChI is InChI=1S/C7H10O2/c1-4-7(8)9-5-6(2)3/h4H,1-2,5H2,3H3. The molecule has 0 aromatic heterocycles. The second-order valence-electron chi connectivity index (χ2n) is 1.77. The summed E-state index contributed by atoms with van der Waals surface area (Å²) in [6.07, 6.45) is 1.13. The largest absolute Gasteiger partial charge is 0.458 e. The Bertz CT molecular complexity index is 136. The monoisotopic (exact) mass is 126 g/mol. The van der Waals surface area contributed by atoms with Crippen LogP contribution in [0.1, 0.15) is 6.92 Å². The Morgan fingerprint density at radius 3 is 2.67 bits per heavy atom. The van der Waals surface area contributed by atoms with Crippen molar-refractivity contribution < 1.29 is 9.53 Å². The van der Waals surface area contributed by atoms with Crippen molar-refractivity contribution in [1.82, 2.24) is 0 Å². The highest BCUT2D eigenvalue weighted by atomic mass is 16.5.